The second-order valence-corrected chi connectivity index (χ2v) is 22.7. The topological polar surface area (TPSA) is 78.9 Å². The fraction of sp³-hybridized carbons (Fsp3) is 0.792. The van der Waals surface area contributed by atoms with Gasteiger partial charge in [-0.3, -0.25) is 14.4 Å². The number of carbonyl (C=O) groups excluding carboxylic acids is 3. The molecule has 0 aromatic heterocycles. The normalized spacial score (nSPS) is 12.5. The molecule has 0 aliphatic heterocycles. The van der Waals surface area contributed by atoms with Crippen LogP contribution < -0.4 is 0 Å². The van der Waals surface area contributed by atoms with Crippen molar-refractivity contribution in [2.24, 2.45) is 0 Å². The highest BCUT2D eigenvalue weighted by Crippen LogP contribution is 2.18. The molecule has 0 aromatic rings. The molecule has 0 saturated heterocycles. The van der Waals surface area contributed by atoms with Gasteiger partial charge in [0.05, 0.1) is 0 Å². The van der Waals surface area contributed by atoms with Crippen molar-refractivity contribution in [1.82, 2.24) is 0 Å². The van der Waals surface area contributed by atoms with Gasteiger partial charge in [0.15, 0.2) is 6.10 Å². The Kier molecular flexibility index (Phi) is 63.7. The number of carbonyl (C=O) groups is 3. The van der Waals surface area contributed by atoms with E-state index in [0.717, 1.165) is 96.3 Å². The highest BCUT2D eigenvalue weighted by molar-refractivity contribution is 5.71. The zero-order valence-electron chi connectivity index (χ0n) is 51.9. The predicted molar refractivity (Wildman–Crippen MR) is 339 cm³/mol. The Balaban J connectivity index is 4.08. The minimum atomic E-state index is -0.775. The molecule has 6 heteroatoms. The molecule has 452 valence electrons. The smallest absolute Gasteiger partial charge is 0.306 e. The van der Waals surface area contributed by atoms with Crippen molar-refractivity contribution in [3.63, 3.8) is 0 Å². The molecule has 78 heavy (non-hydrogen) atoms. The number of unbranched alkanes of at least 4 members (excludes halogenated alkanes) is 39. The van der Waals surface area contributed by atoms with Gasteiger partial charge in [-0.05, 0) is 89.9 Å². The molecule has 0 heterocycles. The van der Waals surface area contributed by atoms with Crippen LogP contribution in [0.25, 0.3) is 0 Å². The fourth-order valence-corrected chi connectivity index (χ4v) is 9.88. The fourth-order valence-electron chi connectivity index (χ4n) is 9.88. The molecule has 0 bridgehead atoms. The molecule has 0 amide bonds. The maximum Gasteiger partial charge on any atom is 0.306 e. The van der Waals surface area contributed by atoms with Gasteiger partial charge >= 0.3 is 17.9 Å². The van der Waals surface area contributed by atoms with Crippen LogP contribution in [0.4, 0.5) is 0 Å². The zero-order valence-corrected chi connectivity index (χ0v) is 51.9. The van der Waals surface area contributed by atoms with E-state index in [9.17, 15) is 14.4 Å². The monoisotopic (exact) mass is 1090 g/mol. The van der Waals surface area contributed by atoms with Crippen molar-refractivity contribution in [2.75, 3.05) is 13.2 Å². The average Bonchev–Trinajstić information content (AvgIpc) is 3.44. The lowest BCUT2D eigenvalue weighted by atomic mass is 10.0. The number of allylic oxidation sites excluding steroid dienone is 12. The number of ether oxygens (including phenoxy) is 3. The Morgan fingerprint density at radius 3 is 0.808 bits per heavy atom. The van der Waals surface area contributed by atoms with Crippen LogP contribution in [0.2, 0.25) is 0 Å². The Morgan fingerprint density at radius 2 is 0.500 bits per heavy atom. The van der Waals surface area contributed by atoms with Gasteiger partial charge in [0.25, 0.3) is 0 Å². The van der Waals surface area contributed by atoms with Crippen LogP contribution in [-0.2, 0) is 28.6 Å². The first-order valence-electron chi connectivity index (χ1n) is 33.9. The van der Waals surface area contributed by atoms with Gasteiger partial charge in [0.2, 0.25) is 0 Å². The summed E-state index contributed by atoms with van der Waals surface area (Å²) in [4.78, 5) is 38.2. The third kappa shape index (κ3) is 63.7. The van der Waals surface area contributed by atoms with E-state index in [-0.39, 0.29) is 31.1 Å². The lowest BCUT2D eigenvalue weighted by Crippen LogP contribution is -2.30. The van der Waals surface area contributed by atoms with E-state index in [1.807, 2.05) is 0 Å². The van der Waals surface area contributed by atoms with Crippen LogP contribution in [-0.4, -0.2) is 37.2 Å². The van der Waals surface area contributed by atoms with Crippen molar-refractivity contribution in [3.05, 3.63) is 72.9 Å². The third-order valence-electron chi connectivity index (χ3n) is 14.9. The molecular weight excluding hydrogens is 961 g/mol. The molecule has 1 unspecified atom stereocenters. The second kappa shape index (κ2) is 66.4. The molecule has 1 atom stereocenters. The second-order valence-electron chi connectivity index (χ2n) is 22.7. The lowest BCUT2D eigenvalue weighted by molar-refractivity contribution is -0.167. The van der Waals surface area contributed by atoms with Gasteiger partial charge in [-0.1, -0.05) is 312 Å². The summed E-state index contributed by atoms with van der Waals surface area (Å²) in [5, 5.41) is 0. The number of esters is 3. The molecular formula is C72H128O6. The lowest BCUT2D eigenvalue weighted by Gasteiger charge is -2.18. The van der Waals surface area contributed by atoms with E-state index in [4.69, 9.17) is 14.2 Å². The van der Waals surface area contributed by atoms with Gasteiger partial charge < -0.3 is 14.2 Å². The van der Waals surface area contributed by atoms with Crippen LogP contribution in [0, 0.1) is 0 Å². The summed E-state index contributed by atoms with van der Waals surface area (Å²) in [5.74, 6) is -0.863. The summed E-state index contributed by atoms with van der Waals surface area (Å²) in [5.41, 5.74) is 0. The summed E-state index contributed by atoms with van der Waals surface area (Å²) >= 11 is 0. The van der Waals surface area contributed by atoms with Crippen molar-refractivity contribution in [3.8, 4) is 0 Å². The predicted octanol–water partition coefficient (Wildman–Crippen LogP) is 23.3. The number of hydrogen-bond donors (Lipinski definition) is 0. The molecule has 0 N–H and O–H groups in total. The minimum absolute atomic E-state index is 0.0730. The SMILES string of the molecule is CC/C=C\C/C=C\C/C=C\C/C=C\CCCCCCCCCCCCCCCCCCCCCCC(=O)OCC(COC(=O)CCCCCCCCCCCC)OC(=O)CCCCCCCCC/C=C\C/C=C\CCCCC. The van der Waals surface area contributed by atoms with Crippen LogP contribution in [0.1, 0.15) is 348 Å². The molecule has 0 rings (SSSR count). The molecule has 6 nitrogen and oxygen atoms in total. The number of rotatable bonds is 62. The van der Waals surface area contributed by atoms with Crippen molar-refractivity contribution >= 4 is 17.9 Å². The van der Waals surface area contributed by atoms with Crippen LogP contribution >= 0.6 is 0 Å². The Bertz CT molecular complexity index is 1440. The van der Waals surface area contributed by atoms with Crippen LogP contribution in [0.3, 0.4) is 0 Å². The van der Waals surface area contributed by atoms with E-state index in [2.05, 4.69) is 93.7 Å². The standard InChI is InChI=1S/C72H128O6/c1-4-7-10-13-16-19-22-24-26-28-29-30-31-32-33-34-35-36-37-38-39-40-41-42-43-45-46-48-50-53-56-59-62-65-71(74)77-68-69(67-76-70(73)64-61-58-55-52-21-18-15-12-9-6-3)78-72(75)66-63-60-57-54-51-49-47-44-27-25-23-20-17-14-11-8-5-2/h7,10,16-17,19-20,24-27,29-30,69H,4-6,8-9,11-15,18,21-23,28,31-68H2,1-3H3/b10-7-,19-16-,20-17-,26-24-,27-25-,30-29-. The van der Waals surface area contributed by atoms with Gasteiger partial charge in [-0.15, -0.1) is 0 Å². The van der Waals surface area contributed by atoms with Crippen LogP contribution in [0.15, 0.2) is 72.9 Å². The van der Waals surface area contributed by atoms with Gasteiger partial charge in [-0.2, -0.15) is 0 Å². The third-order valence-corrected chi connectivity index (χ3v) is 14.9. The molecule has 0 saturated carbocycles. The molecule has 0 aliphatic rings. The molecule has 0 radical (unpaired) electrons. The van der Waals surface area contributed by atoms with Crippen molar-refractivity contribution in [1.29, 1.82) is 0 Å². The van der Waals surface area contributed by atoms with Crippen molar-refractivity contribution in [2.45, 2.75) is 354 Å². The van der Waals surface area contributed by atoms with E-state index in [1.54, 1.807) is 0 Å². The minimum Gasteiger partial charge on any atom is -0.462 e. The van der Waals surface area contributed by atoms with Gasteiger partial charge in [0, 0.05) is 19.3 Å². The Hall–Kier alpha value is -3.15. The summed E-state index contributed by atoms with van der Waals surface area (Å²) in [6, 6.07) is 0. The average molecular weight is 1090 g/mol. The Morgan fingerprint density at radius 1 is 0.269 bits per heavy atom. The summed E-state index contributed by atoms with van der Waals surface area (Å²) < 4.78 is 16.9. The van der Waals surface area contributed by atoms with Gasteiger partial charge in [0.1, 0.15) is 13.2 Å². The zero-order chi connectivity index (χ0) is 56.4. The maximum atomic E-state index is 12.9. The molecule has 0 spiro atoms. The Labute approximate surface area is 484 Å². The first-order valence-corrected chi connectivity index (χ1v) is 33.9. The van der Waals surface area contributed by atoms with Gasteiger partial charge in [-0.25, -0.2) is 0 Å². The molecule has 0 aromatic carbocycles. The highest BCUT2D eigenvalue weighted by Gasteiger charge is 2.19. The van der Waals surface area contributed by atoms with Crippen molar-refractivity contribution < 1.29 is 28.6 Å². The number of hydrogen-bond acceptors (Lipinski definition) is 6. The van der Waals surface area contributed by atoms with E-state index in [0.29, 0.717) is 19.3 Å². The largest absolute Gasteiger partial charge is 0.462 e. The van der Waals surface area contributed by atoms with E-state index >= 15 is 0 Å². The van der Waals surface area contributed by atoms with Crippen LogP contribution in [0.5, 0.6) is 0 Å². The first kappa shape index (κ1) is 74.8. The molecule has 0 fully saturated rings. The summed E-state index contributed by atoms with van der Waals surface area (Å²) in [6.45, 7) is 6.53. The maximum absolute atomic E-state index is 12.9. The van der Waals surface area contributed by atoms with E-state index in [1.165, 1.54) is 212 Å². The summed E-state index contributed by atoms with van der Waals surface area (Å²) in [6.07, 6.45) is 86.5. The quantitative estimate of drug-likeness (QED) is 0.0261. The van der Waals surface area contributed by atoms with E-state index < -0.39 is 6.10 Å². The summed E-state index contributed by atoms with van der Waals surface area (Å²) in [7, 11) is 0. The molecule has 0 aliphatic carbocycles. The highest BCUT2D eigenvalue weighted by atomic mass is 16.6. The first-order chi connectivity index (χ1) is 38.5.